The van der Waals surface area contributed by atoms with Gasteiger partial charge in [-0.15, -0.1) is 0 Å². The van der Waals surface area contributed by atoms with Crippen molar-refractivity contribution >= 4 is 33.2 Å². The van der Waals surface area contributed by atoms with Crippen molar-refractivity contribution in [1.29, 1.82) is 5.26 Å². The normalized spacial score (nSPS) is 12.2. The molecule has 0 aliphatic heterocycles. The third kappa shape index (κ3) is 4.82. The van der Waals surface area contributed by atoms with E-state index in [1.807, 2.05) is 13.0 Å². The van der Waals surface area contributed by atoms with Crippen LogP contribution >= 0.6 is 11.6 Å². The number of carbonyl (C=O) groups is 1. The van der Waals surface area contributed by atoms with Crippen LogP contribution in [0.25, 0.3) is 0 Å². The summed E-state index contributed by atoms with van der Waals surface area (Å²) in [6.07, 6.45) is 0.673. The molecule has 0 fully saturated rings. The molecule has 8 heteroatoms. The lowest BCUT2D eigenvalue weighted by atomic mass is 10.2. The number of sulfonamides is 1. The summed E-state index contributed by atoms with van der Waals surface area (Å²) in [5, 5.41) is 11.7. The van der Waals surface area contributed by atoms with Gasteiger partial charge in [-0.3, -0.25) is 4.79 Å². The third-order valence-electron chi connectivity index (χ3n) is 3.74. The summed E-state index contributed by atoms with van der Waals surface area (Å²) < 4.78 is 27.0. The molecule has 0 spiro atoms. The number of benzene rings is 2. The van der Waals surface area contributed by atoms with E-state index in [1.165, 1.54) is 36.4 Å². The summed E-state index contributed by atoms with van der Waals surface area (Å²) in [6.45, 7) is 3.66. The van der Waals surface area contributed by atoms with Crippen molar-refractivity contribution in [3.8, 4) is 6.07 Å². The van der Waals surface area contributed by atoms with Crippen molar-refractivity contribution in [3.05, 3.63) is 58.6 Å². The largest absolute Gasteiger partial charge is 0.322 e. The standard InChI is InChI=1S/C18H18ClN3O3S/c1-3-12(2)22-26(24,25)16-8-5-13(6-9-16)18(23)21-15-7-4-14(11-20)17(19)10-15/h4-10,12,22H,3H2,1-2H3,(H,21,23). The lowest BCUT2D eigenvalue weighted by Crippen LogP contribution is -2.32. The number of halogens is 1. The molecule has 136 valence electrons. The van der Waals surface area contributed by atoms with Crippen LogP contribution in [0.5, 0.6) is 0 Å². The number of anilines is 1. The van der Waals surface area contributed by atoms with Crippen LogP contribution in [0.15, 0.2) is 47.4 Å². The topological polar surface area (TPSA) is 99.1 Å². The van der Waals surface area contributed by atoms with Gasteiger partial charge in [0.2, 0.25) is 10.0 Å². The van der Waals surface area contributed by atoms with Crippen LogP contribution in [0.1, 0.15) is 36.2 Å². The first-order valence-electron chi connectivity index (χ1n) is 7.90. The van der Waals surface area contributed by atoms with Crippen LogP contribution in [0.4, 0.5) is 5.69 Å². The number of hydrogen-bond acceptors (Lipinski definition) is 4. The van der Waals surface area contributed by atoms with Crippen LogP contribution in [0.2, 0.25) is 5.02 Å². The molecule has 0 heterocycles. The van der Waals surface area contributed by atoms with E-state index in [4.69, 9.17) is 16.9 Å². The van der Waals surface area contributed by atoms with Crippen molar-refractivity contribution in [3.63, 3.8) is 0 Å². The maximum Gasteiger partial charge on any atom is 0.255 e. The molecule has 0 bridgehead atoms. The molecule has 1 amide bonds. The molecule has 1 unspecified atom stereocenters. The highest BCUT2D eigenvalue weighted by atomic mass is 35.5. The number of carbonyl (C=O) groups excluding carboxylic acids is 1. The fourth-order valence-corrected chi connectivity index (χ4v) is 3.64. The average Bonchev–Trinajstić information content (AvgIpc) is 2.61. The fourth-order valence-electron chi connectivity index (χ4n) is 2.09. The monoisotopic (exact) mass is 391 g/mol. The highest BCUT2D eigenvalue weighted by molar-refractivity contribution is 7.89. The number of nitriles is 1. The molecule has 2 N–H and O–H groups in total. The molecular formula is C18H18ClN3O3S. The van der Waals surface area contributed by atoms with Gasteiger partial charge in [-0.25, -0.2) is 13.1 Å². The quantitative estimate of drug-likeness (QED) is 0.786. The molecule has 0 aliphatic rings. The van der Waals surface area contributed by atoms with E-state index in [-0.39, 0.29) is 16.0 Å². The first-order chi connectivity index (χ1) is 12.3. The summed E-state index contributed by atoms with van der Waals surface area (Å²) in [6, 6.07) is 11.9. The van der Waals surface area contributed by atoms with Crippen LogP contribution in [0.3, 0.4) is 0 Å². The number of amides is 1. The molecule has 0 saturated heterocycles. The first-order valence-corrected chi connectivity index (χ1v) is 9.76. The number of nitrogens with zero attached hydrogens (tertiary/aromatic N) is 1. The molecule has 0 radical (unpaired) electrons. The average molecular weight is 392 g/mol. The van der Waals surface area contributed by atoms with E-state index >= 15 is 0 Å². The van der Waals surface area contributed by atoms with E-state index in [9.17, 15) is 13.2 Å². The molecule has 0 saturated carbocycles. The summed E-state index contributed by atoms with van der Waals surface area (Å²) in [5.74, 6) is -0.412. The van der Waals surface area contributed by atoms with Gasteiger partial charge in [-0.1, -0.05) is 18.5 Å². The Kier molecular flexibility index (Phi) is 6.37. The molecule has 0 aliphatic carbocycles. The van der Waals surface area contributed by atoms with Gasteiger partial charge in [0.15, 0.2) is 0 Å². The Hall–Kier alpha value is -2.40. The van der Waals surface area contributed by atoms with Gasteiger partial charge >= 0.3 is 0 Å². The second-order valence-electron chi connectivity index (χ2n) is 5.72. The number of nitrogens with one attached hydrogen (secondary N) is 2. The Morgan fingerprint density at radius 3 is 2.42 bits per heavy atom. The molecule has 6 nitrogen and oxygen atoms in total. The summed E-state index contributed by atoms with van der Waals surface area (Å²) in [7, 11) is -3.62. The van der Waals surface area contributed by atoms with Crippen molar-refractivity contribution < 1.29 is 13.2 Å². The van der Waals surface area contributed by atoms with Crippen molar-refractivity contribution in [2.45, 2.75) is 31.2 Å². The summed E-state index contributed by atoms with van der Waals surface area (Å²) in [5.41, 5.74) is 1.05. The van der Waals surface area contributed by atoms with Gasteiger partial charge in [-0.05, 0) is 55.8 Å². The molecule has 2 rings (SSSR count). The maximum absolute atomic E-state index is 12.3. The molecule has 0 aromatic heterocycles. The highest BCUT2D eigenvalue weighted by Crippen LogP contribution is 2.21. The van der Waals surface area contributed by atoms with Crippen LogP contribution in [-0.4, -0.2) is 20.4 Å². The van der Waals surface area contributed by atoms with E-state index in [2.05, 4.69) is 10.0 Å². The minimum atomic E-state index is -3.62. The SMILES string of the molecule is CCC(C)NS(=O)(=O)c1ccc(C(=O)Nc2ccc(C#N)c(Cl)c2)cc1. The maximum atomic E-state index is 12.3. The Balaban J connectivity index is 2.14. The van der Waals surface area contributed by atoms with Gasteiger partial charge in [0, 0.05) is 17.3 Å². The van der Waals surface area contributed by atoms with Gasteiger partial charge in [-0.2, -0.15) is 5.26 Å². The molecule has 26 heavy (non-hydrogen) atoms. The smallest absolute Gasteiger partial charge is 0.255 e. The highest BCUT2D eigenvalue weighted by Gasteiger charge is 2.17. The molecule has 1 atom stereocenters. The van der Waals surface area contributed by atoms with E-state index in [1.54, 1.807) is 13.0 Å². The lowest BCUT2D eigenvalue weighted by molar-refractivity contribution is 0.102. The second kappa shape index (κ2) is 8.32. The Bertz CT molecular complexity index is 951. The third-order valence-corrected chi connectivity index (χ3v) is 5.66. The molecule has 2 aromatic carbocycles. The van der Waals surface area contributed by atoms with Crippen LogP contribution < -0.4 is 10.0 Å². The Morgan fingerprint density at radius 2 is 1.88 bits per heavy atom. The molecular weight excluding hydrogens is 374 g/mol. The van der Waals surface area contributed by atoms with Crippen molar-refractivity contribution in [2.75, 3.05) is 5.32 Å². The van der Waals surface area contributed by atoms with Gasteiger partial charge in [0.05, 0.1) is 15.5 Å². The van der Waals surface area contributed by atoms with Crippen molar-refractivity contribution in [1.82, 2.24) is 4.72 Å². The van der Waals surface area contributed by atoms with Gasteiger partial charge in [0.1, 0.15) is 6.07 Å². The minimum absolute atomic E-state index is 0.0933. The molecule has 2 aromatic rings. The van der Waals surface area contributed by atoms with Crippen molar-refractivity contribution in [2.24, 2.45) is 0 Å². The Morgan fingerprint density at radius 1 is 1.23 bits per heavy atom. The zero-order valence-corrected chi connectivity index (χ0v) is 15.9. The minimum Gasteiger partial charge on any atom is -0.322 e. The van der Waals surface area contributed by atoms with Gasteiger partial charge < -0.3 is 5.32 Å². The fraction of sp³-hybridized carbons (Fsp3) is 0.222. The van der Waals surface area contributed by atoms with E-state index in [0.717, 1.165) is 0 Å². The Labute approximate surface area is 157 Å². The summed E-state index contributed by atoms with van der Waals surface area (Å²) in [4.78, 5) is 12.4. The number of hydrogen-bond donors (Lipinski definition) is 2. The van der Waals surface area contributed by atoms with E-state index < -0.39 is 15.9 Å². The lowest BCUT2D eigenvalue weighted by Gasteiger charge is -2.12. The zero-order valence-electron chi connectivity index (χ0n) is 14.3. The zero-order chi connectivity index (χ0) is 19.3. The predicted molar refractivity (Wildman–Crippen MR) is 101 cm³/mol. The van der Waals surface area contributed by atoms with Gasteiger partial charge in [0.25, 0.3) is 5.91 Å². The second-order valence-corrected chi connectivity index (χ2v) is 7.84. The van der Waals surface area contributed by atoms with E-state index in [0.29, 0.717) is 23.2 Å². The van der Waals surface area contributed by atoms with Crippen LogP contribution in [-0.2, 0) is 10.0 Å². The first kappa shape index (κ1) is 19.9. The number of rotatable bonds is 6. The summed E-state index contributed by atoms with van der Waals surface area (Å²) >= 11 is 5.94. The van der Waals surface area contributed by atoms with Crippen LogP contribution in [0, 0.1) is 11.3 Å². The predicted octanol–water partition coefficient (Wildman–Crippen LogP) is 3.54.